The number of aromatic nitrogens is 5. The molecule has 3 aromatic heterocycles. The summed E-state index contributed by atoms with van der Waals surface area (Å²) in [6, 6.07) is 17.8. The lowest BCUT2D eigenvalue weighted by molar-refractivity contribution is 0.628. The summed E-state index contributed by atoms with van der Waals surface area (Å²) in [7, 11) is 0. The number of pyridine rings is 1. The van der Waals surface area contributed by atoms with Gasteiger partial charge in [0.15, 0.2) is 0 Å². The Bertz CT molecular complexity index is 1360. The van der Waals surface area contributed by atoms with Crippen LogP contribution in [0.4, 0.5) is 4.39 Å². The summed E-state index contributed by atoms with van der Waals surface area (Å²) >= 11 is 0. The van der Waals surface area contributed by atoms with E-state index in [2.05, 4.69) is 26.2 Å². The first kappa shape index (κ1) is 16.8. The molecule has 0 radical (unpaired) electrons. The highest BCUT2D eigenvalue weighted by molar-refractivity contribution is 5.87. The molecule has 5 rings (SSSR count). The lowest BCUT2D eigenvalue weighted by Gasteiger charge is -2.07. The van der Waals surface area contributed by atoms with Crippen molar-refractivity contribution in [3.8, 4) is 34.3 Å². The molecule has 5 aromatic rings. The van der Waals surface area contributed by atoms with Crippen molar-refractivity contribution in [1.29, 1.82) is 5.26 Å². The van der Waals surface area contributed by atoms with E-state index in [-0.39, 0.29) is 5.82 Å². The normalized spacial score (nSPS) is 10.9. The van der Waals surface area contributed by atoms with E-state index in [1.807, 2.05) is 22.8 Å². The second-order valence-corrected chi connectivity index (χ2v) is 6.50. The van der Waals surface area contributed by atoms with Gasteiger partial charge in [-0.3, -0.25) is 9.67 Å². The summed E-state index contributed by atoms with van der Waals surface area (Å²) in [6.07, 6.45) is 4.99. The highest BCUT2D eigenvalue weighted by Gasteiger charge is 2.13. The first-order valence-electron chi connectivity index (χ1n) is 8.86. The van der Waals surface area contributed by atoms with Crippen molar-refractivity contribution in [2.24, 2.45) is 0 Å². The van der Waals surface area contributed by atoms with Crippen LogP contribution in [0.5, 0.6) is 0 Å². The molecule has 0 aliphatic carbocycles. The third kappa shape index (κ3) is 2.93. The fraction of sp³-hybridized carbons (Fsp3) is 0. The summed E-state index contributed by atoms with van der Waals surface area (Å²) in [5, 5.41) is 16.2. The van der Waals surface area contributed by atoms with E-state index in [0.717, 1.165) is 33.4 Å². The first-order chi connectivity index (χ1) is 14.2. The fourth-order valence-electron chi connectivity index (χ4n) is 3.29. The van der Waals surface area contributed by atoms with Crippen LogP contribution in [0, 0.1) is 17.1 Å². The zero-order valence-electron chi connectivity index (χ0n) is 15.0. The van der Waals surface area contributed by atoms with Crippen LogP contribution in [0.3, 0.4) is 0 Å². The van der Waals surface area contributed by atoms with Gasteiger partial charge in [-0.2, -0.15) is 10.4 Å². The van der Waals surface area contributed by atoms with Crippen LogP contribution in [0.1, 0.15) is 5.56 Å². The maximum atomic E-state index is 13.3. The standard InChI is InChI=1S/C22H13FN6/c23-17-5-2-15(3-6-17)22-18(12-27-28-22)16-4-7-19-20(9-16)29(13-26-19)21-8-1-14(10-24)11-25-21/h1-9,11-13H,(H,27,28). The van der Waals surface area contributed by atoms with Crippen molar-refractivity contribution in [3.05, 3.63) is 84.7 Å². The van der Waals surface area contributed by atoms with Crippen LogP contribution in [-0.4, -0.2) is 24.7 Å². The van der Waals surface area contributed by atoms with Gasteiger partial charge in [-0.05, 0) is 54.1 Å². The minimum absolute atomic E-state index is 0.282. The summed E-state index contributed by atoms with van der Waals surface area (Å²) in [4.78, 5) is 8.80. The quantitative estimate of drug-likeness (QED) is 0.500. The Balaban J connectivity index is 1.62. The van der Waals surface area contributed by atoms with Gasteiger partial charge in [0, 0.05) is 17.3 Å². The van der Waals surface area contributed by atoms with Gasteiger partial charge in [-0.1, -0.05) is 6.07 Å². The van der Waals surface area contributed by atoms with E-state index >= 15 is 0 Å². The molecule has 3 heterocycles. The predicted molar refractivity (Wildman–Crippen MR) is 107 cm³/mol. The molecule has 0 unspecified atom stereocenters. The van der Waals surface area contributed by atoms with Gasteiger partial charge >= 0.3 is 0 Å². The monoisotopic (exact) mass is 380 g/mol. The maximum absolute atomic E-state index is 13.3. The van der Waals surface area contributed by atoms with Crippen LogP contribution >= 0.6 is 0 Å². The fourth-order valence-corrected chi connectivity index (χ4v) is 3.29. The number of nitriles is 1. The van der Waals surface area contributed by atoms with E-state index in [0.29, 0.717) is 11.4 Å². The first-order valence-corrected chi connectivity index (χ1v) is 8.86. The Hall–Kier alpha value is -4.31. The van der Waals surface area contributed by atoms with E-state index in [4.69, 9.17) is 5.26 Å². The van der Waals surface area contributed by atoms with Gasteiger partial charge in [-0.25, -0.2) is 14.4 Å². The van der Waals surface area contributed by atoms with Gasteiger partial charge < -0.3 is 0 Å². The van der Waals surface area contributed by atoms with Gasteiger partial charge in [0.1, 0.15) is 24.0 Å². The predicted octanol–water partition coefficient (Wildman–Crippen LogP) is 4.49. The number of nitrogens with one attached hydrogen (secondary N) is 1. The van der Waals surface area contributed by atoms with Gasteiger partial charge in [-0.15, -0.1) is 0 Å². The molecular formula is C22H13FN6. The zero-order chi connectivity index (χ0) is 19.8. The van der Waals surface area contributed by atoms with Crippen LogP contribution < -0.4 is 0 Å². The SMILES string of the molecule is N#Cc1ccc(-n2cnc3ccc(-c4cn[nH]c4-c4ccc(F)cc4)cc32)nc1. The maximum Gasteiger partial charge on any atom is 0.138 e. The molecule has 2 aromatic carbocycles. The molecule has 0 saturated heterocycles. The third-order valence-electron chi connectivity index (χ3n) is 4.75. The highest BCUT2D eigenvalue weighted by atomic mass is 19.1. The lowest BCUT2D eigenvalue weighted by atomic mass is 10.0. The molecule has 0 fully saturated rings. The number of rotatable bonds is 3. The second-order valence-electron chi connectivity index (χ2n) is 6.50. The van der Waals surface area contributed by atoms with Crippen molar-refractivity contribution in [1.82, 2.24) is 24.7 Å². The number of benzene rings is 2. The van der Waals surface area contributed by atoms with Crippen molar-refractivity contribution in [2.45, 2.75) is 0 Å². The summed E-state index contributed by atoms with van der Waals surface area (Å²) in [5.41, 5.74) is 5.71. The number of fused-ring (bicyclic) bond motifs is 1. The average Bonchev–Trinajstić information content (AvgIpc) is 3.41. The number of hydrogen-bond donors (Lipinski definition) is 1. The molecule has 6 nitrogen and oxygen atoms in total. The summed E-state index contributed by atoms with van der Waals surface area (Å²) in [6.45, 7) is 0. The molecule has 0 amide bonds. The molecule has 0 aliphatic rings. The summed E-state index contributed by atoms with van der Waals surface area (Å²) in [5.74, 6) is 0.393. The molecule has 0 atom stereocenters. The molecule has 1 N–H and O–H groups in total. The Labute approximate surface area is 164 Å². The van der Waals surface area contributed by atoms with Gasteiger partial charge in [0.2, 0.25) is 0 Å². The number of imidazole rings is 1. The number of halogens is 1. The van der Waals surface area contributed by atoms with Crippen molar-refractivity contribution < 1.29 is 4.39 Å². The minimum Gasteiger partial charge on any atom is -0.283 e. The topological polar surface area (TPSA) is 83.2 Å². The number of aromatic amines is 1. The molecule has 0 spiro atoms. The Morgan fingerprint density at radius 3 is 2.52 bits per heavy atom. The van der Waals surface area contributed by atoms with E-state index in [1.54, 1.807) is 36.8 Å². The van der Waals surface area contributed by atoms with Crippen LogP contribution in [0.15, 0.2) is 73.3 Å². The van der Waals surface area contributed by atoms with Crippen LogP contribution in [-0.2, 0) is 0 Å². The molecule has 0 bridgehead atoms. The Morgan fingerprint density at radius 1 is 0.931 bits per heavy atom. The molecule has 0 saturated carbocycles. The summed E-state index contributed by atoms with van der Waals surface area (Å²) < 4.78 is 15.2. The van der Waals surface area contributed by atoms with Crippen molar-refractivity contribution in [2.75, 3.05) is 0 Å². The largest absolute Gasteiger partial charge is 0.283 e. The zero-order valence-corrected chi connectivity index (χ0v) is 15.0. The number of nitrogens with zero attached hydrogens (tertiary/aromatic N) is 5. The van der Waals surface area contributed by atoms with Crippen molar-refractivity contribution >= 4 is 11.0 Å². The number of H-pyrrole nitrogens is 1. The Morgan fingerprint density at radius 2 is 1.76 bits per heavy atom. The van der Waals surface area contributed by atoms with Gasteiger partial charge in [0.05, 0.1) is 28.5 Å². The number of hydrogen-bond acceptors (Lipinski definition) is 4. The van der Waals surface area contributed by atoms with Crippen LogP contribution in [0.2, 0.25) is 0 Å². The molecule has 29 heavy (non-hydrogen) atoms. The van der Waals surface area contributed by atoms with E-state index < -0.39 is 0 Å². The minimum atomic E-state index is -0.282. The smallest absolute Gasteiger partial charge is 0.138 e. The average molecular weight is 380 g/mol. The van der Waals surface area contributed by atoms with E-state index in [9.17, 15) is 4.39 Å². The molecule has 138 valence electrons. The van der Waals surface area contributed by atoms with Gasteiger partial charge in [0.25, 0.3) is 0 Å². The van der Waals surface area contributed by atoms with E-state index in [1.165, 1.54) is 18.3 Å². The molecular weight excluding hydrogens is 367 g/mol. The second kappa shape index (κ2) is 6.69. The Kier molecular flexibility index (Phi) is 3.88. The molecule has 0 aliphatic heterocycles. The molecule has 7 heteroatoms. The third-order valence-corrected chi connectivity index (χ3v) is 4.75. The lowest BCUT2D eigenvalue weighted by Crippen LogP contribution is -1.96. The van der Waals surface area contributed by atoms with Crippen molar-refractivity contribution in [3.63, 3.8) is 0 Å². The van der Waals surface area contributed by atoms with Crippen LogP contribution in [0.25, 0.3) is 39.2 Å². The highest BCUT2D eigenvalue weighted by Crippen LogP contribution is 2.32.